The molecule has 0 heterocycles. The van der Waals surface area contributed by atoms with Crippen molar-refractivity contribution in [1.29, 1.82) is 0 Å². The first-order valence-electron chi connectivity index (χ1n) is 7.44. The molecule has 0 unspecified atom stereocenters. The molecule has 0 bridgehead atoms. The number of sulfonamides is 1. The van der Waals surface area contributed by atoms with E-state index < -0.39 is 10.0 Å². The fraction of sp³-hybridized carbons (Fsp3) is 0.600. The van der Waals surface area contributed by atoms with Crippen LogP contribution < -0.4 is 10.0 Å². The topological polar surface area (TPSA) is 58.2 Å². The van der Waals surface area contributed by atoms with Crippen LogP contribution in [-0.4, -0.2) is 21.0 Å². The quantitative estimate of drug-likeness (QED) is 0.847. The van der Waals surface area contributed by atoms with Crippen molar-refractivity contribution in [3.8, 4) is 0 Å². The first kappa shape index (κ1) is 15.5. The summed E-state index contributed by atoms with van der Waals surface area (Å²) in [6, 6.07) is 7.24. The van der Waals surface area contributed by atoms with Crippen LogP contribution in [-0.2, 0) is 16.6 Å². The van der Waals surface area contributed by atoms with Gasteiger partial charge in [0.2, 0.25) is 10.0 Å². The van der Waals surface area contributed by atoms with E-state index in [0.29, 0.717) is 4.90 Å². The van der Waals surface area contributed by atoms with Gasteiger partial charge in [-0.3, -0.25) is 0 Å². The third-order valence-corrected chi connectivity index (χ3v) is 5.28. The summed E-state index contributed by atoms with van der Waals surface area (Å²) in [5, 5.41) is 3.22. The highest BCUT2D eigenvalue weighted by Crippen LogP contribution is 2.20. The Bertz CT molecular complexity index is 505. The maximum atomic E-state index is 12.3. The van der Waals surface area contributed by atoms with Crippen molar-refractivity contribution < 1.29 is 8.42 Å². The molecule has 0 aromatic heterocycles. The SMILES string of the molecule is CCNCc1ccc(S(=O)(=O)NC2CCCCC2)cc1. The summed E-state index contributed by atoms with van der Waals surface area (Å²) < 4.78 is 27.4. The first-order valence-corrected chi connectivity index (χ1v) is 8.92. The van der Waals surface area contributed by atoms with Crippen molar-refractivity contribution in [1.82, 2.24) is 10.0 Å². The molecule has 0 aliphatic heterocycles. The van der Waals surface area contributed by atoms with E-state index in [4.69, 9.17) is 0 Å². The Morgan fingerprint density at radius 1 is 1.10 bits per heavy atom. The molecule has 2 rings (SSSR count). The van der Waals surface area contributed by atoms with Gasteiger partial charge in [0.15, 0.2) is 0 Å². The molecule has 0 saturated heterocycles. The number of hydrogen-bond donors (Lipinski definition) is 2. The summed E-state index contributed by atoms with van der Waals surface area (Å²) >= 11 is 0. The third-order valence-electron chi connectivity index (χ3n) is 3.74. The fourth-order valence-electron chi connectivity index (χ4n) is 2.56. The second-order valence-corrected chi connectivity index (χ2v) is 7.09. The molecule has 2 N–H and O–H groups in total. The molecular formula is C15H24N2O2S. The Kier molecular flexibility index (Phi) is 5.57. The maximum Gasteiger partial charge on any atom is 0.240 e. The van der Waals surface area contributed by atoms with Crippen LogP contribution in [0.2, 0.25) is 0 Å². The second-order valence-electron chi connectivity index (χ2n) is 5.38. The van der Waals surface area contributed by atoms with Gasteiger partial charge in [0.1, 0.15) is 0 Å². The van der Waals surface area contributed by atoms with Crippen molar-refractivity contribution in [2.24, 2.45) is 0 Å². The standard InChI is InChI=1S/C15H24N2O2S/c1-2-16-12-13-8-10-15(11-9-13)20(18,19)17-14-6-4-3-5-7-14/h8-11,14,16-17H,2-7,12H2,1H3. The molecule has 1 aromatic carbocycles. The van der Waals surface area contributed by atoms with Gasteiger partial charge in [-0.25, -0.2) is 13.1 Å². The summed E-state index contributed by atoms with van der Waals surface area (Å²) in [7, 11) is -3.37. The molecule has 1 aliphatic rings. The summed E-state index contributed by atoms with van der Waals surface area (Å²) in [4.78, 5) is 0.364. The highest BCUT2D eigenvalue weighted by molar-refractivity contribution is 7.89. The van der Waals surface area contributed by atoms with Crippen molar-refractivity contribution in [3.63, 3.8) is 0 Å². The van der Waals surface area contributed by atoms with E-state index in [0.717, 1.165) is 44.3 Å². The molecule has 1 saturated carbocycles. The van der Waals surface area contributed by atoms with Gasteiger partial charge in [-0.1, -0.05) is 38.3 Å². The molecule has 1 aromatic rings. The van der Waals surface area contributed by atoms with Gasteiger partial charge in [-0.15, -0.1) is 0 Å². The third kappa shape index (κ3) is 4.30. The van der Waals surface area contributed by atoms with Crippen LogP contribution in [0.4, 0.5) is 0 Å². The van der Waals surface area contributed by atoms with Crippen molar-refractivity contribution in [2.75, 3.05) is 6.54 Å². The van der Waals surface area contributed by atoms with E-state index in [2.05, 4.69) is 10.0 Å². The average Bonchev–Trinajstić information content (AvgIpc) is 2.46. The average molecular weight is 296 g/mol. The van der Waals surface area contributed by atoms with Crippen LogP contribution in [0.5, 0.6) is 0 Å². The zero-order valence-electron chi connectivity index (χ0n) is 12.1. The summed E-state index contributed by atoms with van der Waals surface area (Å²) in [6.45, 7) is 3.73. The number of hydrogen-bond acceptors (Lipinski definition) is 3. The van der Waals surface area contributed by atoms with Gasteiger partial charge < -0.3 is 5.32 Å². The molecule has 112 valence electrons. The van der Waals surface area contributed by atoms with Crippen molar-refractivity contribution in [2.45, 2.75) is 56.5 Å². The highest BCUT2D eigenvalue weighted by atomic mass is 32.2. The molecule has 4 nitrogen and oxygen atoms in total. The number of benzene rings is 1. The van der Waals surface area contributed by atoms with Gasteiger partial charge in [-0.05, 0) is 37.1 Å². The predicted octanol–water partition coefficient (Wildman–Crippen LogP) is 2.41. The van der Waals surface area contributed by atoms with Gasteiger partial charge in [0.05, 0.1) is 4.90 Å². The first-order chi connectivity index (χ1) is 9.62. The summed E-state index contributed by atoms with van der Waals surface area (Å²) in [6.07, 6.45) is 5.37. The van der Waals surface area contributed by atoms with Crippen molar-refractivity contribution >= 4 is 10.0 Å². The lowest BCUT2D eigenvalue weighted by atomic mass is 9.96. The Labute approximate surface area is 122 Å². The van der Waals surface area contributed by atoms with Gasteiger partial charge >= 0.3 is 0 Å². The molecule has 0 amide bonds. The summed E-state index contributed by atoms with van der Waals surface area (Å²) in [5.41, 5.74) is 1.10. The molecule has 0 atom stereocenters. The van der Waals surface area contributed by atoms with E-state index in [9.17, 15) is 8.42 Å². The monoisotopic (exact) mass is 296 g/mol. The lowest BCUT2D eigenvalue weighted by Crippen LogP contribution is -2.36. The van der Waals surface area contributed by atoms with Gasteiger partial charge in [0, 0.05) is 12.6 Å². The molecule has 20 heavy (non-hydrogen) atoms. The Morgan fingerprint density at radius 2 is 1.75 bits per heavy atom. The maximum absolute atomic E-state index is 12.3. The molecular weight excluding hydrogens is 272 g/mol. The zero-order chi connectivity index (χ0) is 14.4. The minimum absolute atomic E-state index is 0.107. The Morgan fingerprint density at radius 3 is 2.35 bits per heavy atom. The molecule has 0 radical (unpaired) electrons. The molecule has 0 spiro atoms. The lowest BCUT2D eigenvalue weighted by Gasteiger charge is -2.22. The fourth-order valence-corrected chi connectivity index (χ4v) is 3.87. The van der Waals surface area contributed by atoms with E-state index in [1.165, 1.54) is 6.42 Å². The van der Waals surface area contributed by atoms with E-state index in [1.807, 2.05) is 19.1 Å². The molecule has 1 aliphatic carbocycles. The van der Waals surface area contributed by atoms with Gasteiger partial charge in [-0.2, -0.15) is 0 Å². The van der Waals surface area contributed by atoms with Crippen molar-refractivity contribution in [3.05, 3.63) is 29.8 Å². The van der Waals surface area contributed by atoms with E-state index >= 15 is 0 Å². The molecule has 1 fully saturated rings. The minimum atomic E-state index is -3.37. The van der Waals surface area contributed by atoms with Crippen LogP contribution in [0, 0.1) is 0 Å². The Balaban J connectivity index is 2.01. The van der Waals surface area contributed by atoms with Crippen LogP contribution in [0.25, 0.3) is 0 Å². The van der Waals surface area contributed by atoms with Crippen LogP contribution in [0.1, 0.15) is 44.6 Å². The van der Waals surface area contributed by atoms with Crippen LogP contribution >= 0.6 is 0 Å². The lowest BCUT2D eigenvalue weighted by molar-refractivity contribution is 0.412. The predicted molar refractivity (Wildman–Crippen MR) is 81.0 cm³/mol. The van der Waals surface area contributed by atoms with Crippen LogP contribution in [0.15, 0.2) is 29.2 Å². The smallest absolute Gasteiger partial charge is 0.240 e. The highest BCUT2D eigenvalue weighted by Gasteiger charge is 2.21. The largest absolute Gasteiger partial charge is 0.313 e. The number of nitrogens with one attached hydrogen (secondary N) is 2. The second kappa shape index (κ2) is 7.20. The van der Waals surface area contributed by atoms with Crippen LogP contribution in [0.3, 0.4) is 0 Å². The molecule has 5 heteroatoms. The van der Waals surface area contributed by atoms with E-state index in [1.54, 1.807) is 12.1 Å². The minimum Gasteiger partial charge on any atom is -0.313 e. The Hall–Kier alpha value is -0.910. The van der Waals surface area contributed by atoms with Gasteiger partial charge in [0.25, 0.3) is 0 Å². The van der Waals surface area contributed by atoms with E-state index in [-0.39, 0.29) is 6.04 Å². The zero-order valence-corrected chi connectivity index (χ0v) is 12.9. The number of rotatable bonds is 6. The summed E-state index contributed by atoms with van der Waals surface area (Å²) in [5.74, 6) is 0. The normalized spacial score (nSPS) is 17.2.